The molecule has 3 nitrogen and oxygen atoms in total. The van der Waals surface area contributed by atoms with E-state index in [1.54, 1.807) is 6.20 Å². The van der Waals surface area contributed by atoms with Crippen LogP contribution in [0.4, 0.5) is 0 Å². The maximum Gasteiger partial charge on any atom is 0.225 e. The summed E-state index contributed by atoms with van der Waals surface area (Å²) in [6.45, 7) is 4.92. The van der Waals surface area contributed by atoms with Gasteiger partial charge in [0, 0.05) is 18.4 Å². The summed E-state index contributed by atoms with van der Waals surface area (Å²) >= 11 is 0. The predicted molar refractivity (Wildman–Crippen MR) is 68.5 cm³/mol. The van der Waals surface area contributed by atoms with Crippen LogP contribution in [0.25, 0.3) is 0 Å². The topological polar surface area (TPSA) is 30.2 Å². The molecular formula is C14H17N3. The zero-order valence-corrected chi connectivity index (χ0v) is 10.2. The Labute approximate surface area is 101 Å². The monoisotopic (exact) mass is 227 g/mol. The van der Waals surface area contributed by atoms with Crippen LogP contribution < -0.4 is 5.62 Å². The number of benzene rings is 1. The molecule has 0 bridgehead atoms. The van der Waals surface area contributed by atoms with Gasteiger partial charge in [0.25, 0.3) is 0 Å². The molecule has 0 aliphatic rings. The fourth-order valence-corrected chi connectivity index (χ4v) is 1.63. The van der Waals surface area contributed by atoms with Crippen LogP contribution in [0.2, 0.25) is 0 Å². The van der Waals surface area contributed by atoms with Crippen LogP contribution >= 0.6 is 0 Å². The van der Waals surface area contributed by atoms with Crippen LogP contribution in [0, 0.1) is 0 Å². The van der Waals surface area contributed by atoms with Crippen molar-refractivity contribution < 1.29 is 0 Å². The highest BCUT2D eigenvalue weighted by Gasteiger charge is 1.97. The van der Waals surface area contributed by atoms with Crippen molar-refractivity contribution in [3.05, 3.63) is 60.0 Å². The summed E-state index contributed by atoms with van der Waals surface area (Å²) in [5.41, 5.74) is 2.04. The largest absolute Gasteiger partial charge is 0.313 e. The Kier molecular flexibility index (Phi) is 3.70. The maximum atomic E-state index is 4.51. The Morgan fingerprint density at radius 1 is 1.18 bits per heavy atom. The van der Waals surface area contributed by atoms with E-state index in [9.17, 15) is 0 Å². The lowest BCUT2D eigenvalue weighted by molar-refractivity contribution is 0.663. The van der Waals surface area contributed by atoms with Gasteiger partial charge in [-0.3, -0.25) is 0 Å². The molecule has 1 heterocycles. The van der Waals surface area contributed by atoms with Crippen LogP contribution in [0.1, 0.15) is 19.4 Å². The Morgan fingerprint density at radius 2 is 1.94 bits per heavy atom. The molecule has 17 heavy (non-hydrogen) atoms. The van der Waals surface area contributed by atoms with Gasteiger partial charge in [0.1, 0.15) is 0 Å². The van der Waals surface area contributed by atoms with Gasteiger partial charge in [-0.1, -0.05) is 30.3 Å². The molecule has 88 valence electrons. The minimum absolute atomic E-state index is 0.256. The standard InChI is InChI=1S/C14H17N3/c1-12(2)16-14-15-9-6-10-17(14)11-13-7-4-3-5-8-13/h3-10,12H,11H2,1-2H3. The second-order valence-corrected chi connectivity index (χ2v) is 4.26. The normalized spacial score (nSPS) is 12.1. The smallest absolute Gasteiger partial charge is 0.225 e. The van der Waals surface area contributed by atoms with E-state index in [0.29, 0.717) is 0 Å². The van der Waals surface area contributed by atoms with Gasteiger partial charge in [0.05, 0.1) is 6.54 Å². The third kappa shape index (κ3) is 3.28. The molecule has 1 aromatic carbocycles. The molecule has 0 aliphatic carbocycles. The van der Waals surface area contributed by atoms with Gasteiger partial charge < -0.3 is 4.57 Å². The lowest BCUT2D eigenvalue weighted by Crippen LogP contribution is -2.25. The van der Waals surface area contributed by atoms with Crippen LogP contribution in [0.15, 0.2) is 53.8 Å². The highest BCUT2D eigenvalue weighted by molar-refractivity contribution is 5.14. The summed E-state index contributed by atoms with van der Waals surface area (Å²) < 4.78 is 2.06. The van der Waals surface area contributed by atoms with Crippen molar-refractivity contribution in [1.29, 1.82) is 0 Å². The summed E-state index contributed by atoms with van der Waals surface area (Å²) in [5.74, 6) is 0. The molecule has 2 rings (SSSR count). The lowest BCUT2D eigenvalue weighted by Gasteiger charge is -2.07. The zero-order valence-electron chi connectivity index (χ0n) is 10.2. The van der Waals surface area contributed by atoms with Gasteiger partial charge in [-0.25, -0.2) is 9.98 Å². The third-order valence-electron chi connectivity index (χ3n) is 2.37. The fourth-order valence-electron chi connectivity index (χ4n) is 1.63. The Balaban J connectivity index is 2.34. The van der Waals surface area contributed by atoms with Gasteiger partial charge in [-0.05, 0) is 25.5 Å². The Hall–Kier alpha value is -1.90. The van der Waals surface area contributed by atoms with Gasteiger partial charge in [0.15, 0.2) is 0 Å². The molecule has 2 aromatic rings. The number of hydrogen-bond donors (Lipinski definition) is 0. The summed E-state index contributed by atoms with van der Waals surface area (Å²) in [6, 6.07) is 12.5. The first-order valence-corrected chi connectivity index (χ1v) is 5.85. The van der Waals surface area contributed by atoms with E-state index in [1.165, 1.54) is 5.56 Å². The van der Waals surface area contributed by atoms with Gasteiger partial charge in [-0.2, -0.15) is 0 Å². The van der Waals surface area contributed by atoms with Gasteiger partial charge in [0.2, 0.25) is 5.62 Å². The molecule has 0 atom stereocenters. The second-order valence-electron chi connectivity index (χ2n) is 4.26. The molecule has 0 amide bonds. The first-order valence-electron chi connectivity index (χ1n) is 5.85. The van der Waals surface area contributed by atoms with Crippen LogP contribution in [-0.2, 0) is 6.54 Å². The minimum atomic E-state index is 0.256. The predicted octanol–water partition coefficient (Wildman–Crippen LogP) is 2.24. The average Bonchev–Trinajstić information content (AvgIpc) is 2.32. The molecule has 0 aliphatic heterocycles. The van der Waals surface area contributed by atoms with Gasteiger partial charge >= 0.3 is 0 Å². The molecule has 0 spiro atoms. The third-order valence-corrected chi connectivity index (χ3v) is 2.37. The van der Waals surface area contributed by atoms with Crippen molar-refractivity contribution in [2.75, 3.05) is 0 Å². The van der Waals surface area contributed by atoms with Crippen molar-refractivity contribution in [2.24, 2.45) is 4.99 Å². The molecule has 0 saturated heterocycles. The fraction of sp³-hybridized carbons (Fsp3) is 0.286. The highest BCUT2D eigenvalue weighted by Crippen LogP contribution is 1.99. The molecular weight excluding hydrogens is 210 g/mol. The Morgan fingerprint density at radius 3 is 2.65 bits per heavy atom. The van der Waals surface area contributed by atoms with Crippen molar-refractivity contribution in [1.82, 2.24) is 9.55 Å². The van der Waals surface area contributed by atoms with Crippen molar-refractivity contribution >= 4 is 0 Å². The van der Waals surface area contributed by atoms with Crippen LogP contribution in [-0.4, -0.2) is 15.6 Å². The molecule has 0 saturated carbocycles. The van der Waals surface area contributed by atoms with Crippen molar-refractivity contribution in [3.8, 4) is 0 Å². The number of aromatic nitrogens is 2. The maximum absolute atomic E-state index is 4.51. The van der Waals surface area contributed by atoms with E-state index in [2.05, 4.69) is 40.5 Å². The highest BCUT2D eigenvalue weighted by atomic mass is 15.1. The van der Waals surface area contributed by atoms with E-state index >= 15 is 0 Å². The lowest BCUT2D eigenvalue weighted by atomic mass is 10.2. The molecule has 0 radical (unpaired) electrons. The van der Waals surface area contributed by atoms with Gasteiger partial charge in [-0.15, -0.1) is 0 Å². The van der Waals surface area contributed by atoms with Crippen LogP contribution in [0.3, 0.4) is 0 Å². The minimum Gasteiger partial charge on any atom is -0.313 e. The summed E-state index contributed by atoms with van der Waals surface area (Å²) in [6.07, 6.45) is 3.80. The zero-order chi connectivity index (χ0) is 12.1. The quantitative estimate of drug-likeness (QED) is 0.791. The first kappa shape index (κ1) is 11.6. The summed E-state index contributed by atoms with van der Waals surface area (Å²) in [7, 11) is 0. The van der Waals surface area contributed by atoms with Crippen molar-refractivity contribution in [2.45, 2.75) is 26.4 Å². The molecule has 1 aromatic heterocycles. The van der Waals surface area contributed by atoms with E-state index in [0.717, 1.165) is 12.2 Å². The van der Waals surface area contributed by atoms with Crippen LogP contribution in [0.5, 0.6) is 0 Å². The van der Waals surface area contributed by atoms with E-state index in [-0.39, 0.29) is 6.04 Å². The molecule has 0 N–H and O–H groups in total. The SMILES string of the molecule is CC(C)N=c1ncccn1Cc1ccccc1. The number of hydrogen-bond acceptors (Lipinski definition) is 2. The number of rotatable bonds is 3. The molecule has 0 fully saturated rings. The van der Waals surface area contributed by atoms with E-state index in [1.807, 2.05) is 30.5 Å². The van der Waals surface area contributed by atoms with E-state index < -0.39 is 0 Å². The summed E-state index contributed by atoms with van der Waals surface area (Å²) in [4.78, 5) is 8.82. The molecule has 0 unspecified atom stereocenters. The summed E-state index contributed by atoms with van der Waals surface area (Å²) in [5, 5.41) is 0. The molecule has 3 heteroatoms. The Bertz CT molecular complexity index is 526. The number of nitrogens with zero attached hydrogens (tertiary/aromatic N) is 3. The second kappa shape index (κ2) is 5.43. The first-order chi connectivity index (χ1) is 8.25. The van der Waals surface area contributed by atoms with Crippen molar-refractivity contribution in [3.63, 3.8) is 0 Å². The average molecular weight is 227 g/mol. The van der Waals surface area contributed by atoms with E-state index in [4.69, 9.17) is 0 Å².